The van der Waals surface area contributed by atoms with E-state index < -0.39 is 0 Å². The van der Waals surface area contributed by atoms with Gasteiger partial charge in [0.15, 0.2) is 0 Å². The van der Waals surface area contributed by atoms with Crippen molar-refractivity contribution in [1.82, 2.24) is 10.2 Å². The molecule has 0 aromatic rings. The lowest BCUT2D eigenvalue weighted by Crippen LogP contribution is -2.63. The van der Waals surface area contributed by atoms with E-state index in [0.717, 1.165) is 26.3 Å². The van der Waals surface area contributed by atoms with E-state index in [1.165, 1.54) is 0 Å². The summed E-state index contributed by atoms with van der Waals surface area (Å²) in [6.07, 6.45) is 0. The second kappa shape index (κ2) is 3.32. The van der Waals surface area contributed by atoms with Gasteiger partial charge in [-0.25, -0.2) is 0 Å². The second-order valence-corrected chi connectivity index (χ2v) is 3.99. The highest BCUT2D eigenvalue weighted by atomic mass is 16.5. The molecule has 2 heterocycles. The molecule has 0 aromatic carbocycles. The SMILES string of the molecule is CC1CNCC(C)N1C1COC1. The molecule has 3 nitrogen and oxygen atoms in total. The normalized spacial score (nSPS) is 39.5. The molecule has 2 atom stereocenters. The fraction of sp³-hybridized carbons (Fsp3) is 1.00. The molecule has 0 radical (unpaired) electrons. The van der Waals surface area contributed by atoms with Gasteiger partial charge >= 0.3 is 0 Å². The second-order valence-electron chi connectivity index (χ2n) is 3.99. The van der Waals surface area contributed by atoms with Gasteiger partial charge in [-0.05, 0) is 13.8 Å². The molecule has 0 amide bonds. The first-order chi connectivity index (χ1) is 5.79. The molecule has 2 rings (SSSR count). The lowest BCUT2D eigenvalue weighted by molar-refractivity contribution is -0.0969. The Kier molecular flexibility index (Phi) is 2.35. The number of hydrogen-bond donors (Lipinski definition) is 1. The van der Waals surface area contributed by atoms with Crippen LogP contribution in [0.1, 0.15) is 13.8 Å². The molecule has 0 saturated carbocycles. The Bertz CT molecular complexity index is 146. The minimum atomic E-state index is 0.669. The van der Waals surface area contributed by atoms with Crippen molar-refractivity contribution in [2.45, 2.75) is 32.0 Å². The monoisotopic (exact) mass is 170 g/mol. The smallest absolute Gasteiger partial charge is 0.0645 e. The van der Waals surface area contributed by atoms with Crippen molar-refractivity contribution in [2.24, 2.45) is 0 Å². The maximum absolute atomic E-state index is 5.22. The molecule has 2 aliphatic heterocycles. The zero-order chi connectivity index (χ0) is 8.55. The number of ether oxygens (including phenoxy) is 1. The fourth-order valence-corrected chi connectivity index (χ4v) is 2.26. The van der Waals surface area contributed by atoms with E-state index in [1.807, 2.05) is 0 Å². The van der Waals surface area contributed by atoms with Crippen molar-refractivity contribution in [3.8, 4) is 0 Å². The lowest BCUT2D eigenvalue weighted by Gasteiger charge is -2.47. The maximum atomic E-state index is 5.22. The van der Waals surface area contributed by atoms with E-state index in [1.54, 1.807) is 0 Å². The first-order valence-corrected chi connectivity index (χ1v) is 4.85. The van der Waals surface area contributed by atoms with Crippen molar-refractivity contribution in [1.29, 1.82) is 0 Å². The molecular weight excluding hydrogens is 152 g/mol. The van der Waals surface area contributed by atoms with Crippen LogP contribution in [0, 0.1) is 0 Å². The molecule has 12 heavy (non-hydrogen) atoms. The average Bonchev–Trinajstić information content (AvgIpc) is 1.93. The maximum Gasteiger partial charge on any atom is 0.0645 e. The van der Waals surface area contributed by atoms with Gasteiger partial charge in [-0.1, -0.05) is 0 Å². The fourth-order valence-electron chi connectivity index (χ4n) is 2.26. The van der Waals surface area contributed by atoms with Crippen molar-refractivity contribution < 1.29 is 4.74 Å². The quantitative estimate of drug-likeness (QED) is 0.602. The number of nitrogens with one attached hydrogen (secondary N) is 1. The molecule has 2 unspecified atom stereocenters. The van der Waals surface area contributed by atoms with E-state index >= 15 is 0 Å². The van der Waals surface area contributed by atoms with Gasteiger partial charge in [0.1, 0.15) is 0 Å². The van der Waals surface area contributed by atoms with E-state index in [0.29, 0.717) is 18.1 Å². The van der Waals surface area contributed by atoms with Crippen LogP contribution >= 0.6 is 0 Å². The molecule has 70 valence electrons. The van der Waals surface area contributed by atoms with Crippen molar-refractivity contribution in [2.75, 3.05) is 26.3 Å². The number of piperazine rings is 1. The Balaban J connectivity index is 1.97. The molecule has 2 fully saturated rings. The Hall–Kier alpha value is -0.120. The number of hydrogen-bond acceptors (Lipinski definition) is 3. The first-order valence-electron chi connectivity index (χ1n) is 4.85. The van der Waals surface area contributed by atoms with Crippen molar-refractivity contribution >= 4 is 0 Å². The number of nitrogens with zero attached hydrogens (tertiary/aromatic N) is 1. The minimum Gasteiger partial charge on any atom is -0.378 e. The summed E-state index contributed by atoms with van der Waals surface area (Å²) >= 11 is 0. The topological polar surface area (TPSA) is 24.5 Å². The van der Waals surface area contributed by atoms with Gasteiger partial charge in [-0.2, -0.15) is 0 Å². The largest absolute Gasteiger partial charge is 0.378 e. The Morgan fingerprint density at radius 3 is 2.17 bits per heavy atom. The van der Waals surface area contributed by atoms with Crippen LogP contribution in [0.2, 0.25) is 0 Å². The Labute approximate surface area is 74.1 Å². The summed E-state index contributed by atoms with van der Waals surface area (Å²) in [6.45, 7) is 8.72. The van der Waals surface area contributed by atoms with Gasteiger partial charge in [0.2, 0.25) is 0 Å². The predicted octanol–water partition coefficient (Wildman–Crippen LogP) is 0.0674. The summed E-state index contributed by atoms with van der Waals surface area (Å²) < 4.78 is 5.22. The third-order valence-electron chi connectivity index (χ3n) is 2.94. The van der Waals surface area contributed by atoms with E-state index in [2.05, 4.69) is 24.1 Å². The summed E-state index contributed by atoms with van der Waals surface area (Å²) in [5, 5.41) is 3.43. The van der Waals surface area contributed by atoms with Crippen molar-refractivity contribution in [3.05, 3.63) is 0 Å². The molecular formula is C9H18N2O. The van der Waals surface area contributed by atoms with Crippen LogP contribution in [0.15, 0.2) is 0 Å². The van der Waals surface area contributed by atoms with Crippen LogP contribution in [0.3, 0.4) is 0 Å². The van der Waals surface area contributed by atoms with Gasteiger partial charge in [0, 0.05) is 25.2 Å². The van der Waals surface area contributed by atoms with Crippen LogP contribution in [-0.4, -0.2) is 49.3 Å². The molecule has 0 spiro atoms. The first kappa shape index (κ1) is 8.48. The molecule has 2 saturated heterocycles. The van der Waals surface area contributed by atoms with Gasteiger partial charge in [0.25, 0.3) is 0 Å². The van der Waals surface area contributed by atoms with E-state index in [9.17, 15) is 0 Å². The third-order valence-corrected chi connectivity index (χ3v) is 2.94. The summed E-state index contributed by atoms with van der Waals surface area (Å²) in [5.74, 6) is 0. The van der Waals surface area contributed by atoms with E-state index in [4.69, 9.17) is 4.74 Å². The van der Waals surface area contributed by atoms with Gasteiger partial charge < -0.3 is 10.1 Å². The minimum absolute atomic E-state index is 0.669. The van der Waals surface area contributed by atoms with Crippen LogP contribution in [-0.2, 0) is 4.74 Å². The summed E-state index contributed by atoms with van der Waals surface area (Å²) in [6, 6.07) is 2.03. The zero-order valence-corrected chi connectivity index (χ0v) is 7.92. The highest BCUT2D eigenvalue weighted by molar-refractivity contribution is 4.90. The number of rotatable bonds is 1. The summed E-state index contributed by atoms with van der Waals surface area (Å²) in [5.41, 5.74) is 0. The van der Waals surface area contributed by atoms with Gasteiger partial charge in [0.05, 0.1) is 19.3 Å². The average molecular weight is 170 g/mol. The van der Waals surface area contributed by atoms with Gasteiger partial charge in [-0.15, -0.1) is 0 Å². The third kappa shape index (κ3) is 1.37. The Morgan fingerprint density at radius 1 is 1.17 bits per heavy atom. The molecule has 3 heteroatoms. The van der Waals surface area contributed by atoms with Crippen LogP contribution in [0.25, 0.3) is 0 Å². The standard InChI is InChI=1S/C9H18N2O/c1-7-3-10-4-8(2)11(7)9-5-12-6-9/h7-10H,3-6H2,1-2H3. The zero-order valence-electron chi connectivity index (χ0n) is 7.92. The molecule has 0 aliphatic carbocycles. The van der Waals surface area contributed by atoms with Crippen LogP contribution < -0.4 is 5.32 Å². The predicted molar refractivity (Wildman–Crippen MR) is 48.2 cm³/mol. The van der Waals surface area contributed by atoms with Gasteiger partial charge in [-0.3, -0.25) is 4.90 Å². The van der Waals surface area contributed by atoms with Crippen LogP contribution in [0.4, 0.5) is 0 Å². The van der Waals surface area contributed by atoms with Crippen LogP contribution in [0.5, 0.6) is 0 Å². The molecule has 0 bridgehead atoms. The molecule has 0 aromatic heterocycles. The summed E-state index contributed by atoms with van der Waals surface area (Å²) in [7, 11) is 0. The summed E-state index contributed by atoms with van der Waals surface area (Å²) in [4.78, 5) is 2.60. The van der Waals surface area contributed by atoms with E-state index in [-0.39, 0.29) is 0 Å². The molecule has 1 N–H and O–H groups in total. The van der Waals surface area contributed by atoms with Crippen molar-refractivity contribution in [3.63, 3.8) is 0 Å². The Morgan fingerprint density at radius 2 is 1.75 bits per heavy atom. The lowest BCUT2D eigenvalue weighted by atomic mass is 10.0. The highest BCUT2D eigenvalue weighted by Gasteiger charge is 2.34. The highest BCUT2D eigenvalue weighted by Crippen LogP contribution is 2.19. The molecule has 2 aliphatic rings.